The van der Waals surface area contributed by atoms with E-state index in [1.54, 1.807) is 11.8 Å². The van der Waals surface area contributed by atoms with Crippen molar-refractivity contribution in [1.82, 2.24) is 10.2 Å². The van der Waals surface area contributed by atoms with Gasteiger partial charge in [-0.1, -0.05) is 49.7 Å². The third-order valence-electron chi connectivity index (χ3n) is 7.41. The molecular formula is C30H38N2O3S. The van der Waals surface area contributed by atoms with Crippen molar-refractivity contribution in [1.29, 1.82) is 0 Å². The molecular weight excluding hydrogens is 468 g/mol. The number of thioether (sulfide) groups is 1. The van der Waals surface area contributed by atoms with Crippen molar-refractivity contribution >= 4 is 29.7 Å². The lowest BCUT2D eigenvalue weighted by atomic mass is 9.83. The summed E-state index contributed by atoms with van der Waals surface area (Å²) in [5.41, 5.74) is 3.31. The zero-order valence-electron chi connectivity index (χ0n) is 21.8. The SMILES string of the molecule is CCCCOc1ccc(C(C)NC(=O)C2CCC3S/C(=C/c4ccccc4C)C(=O)N(C)C3C2)cc1. The molecule has 6 heteroatoms. The highest BCUT2D eigenvalue weighted by molar-refractivity contribution is 8.04. The molecule has 4 rings (SSSR count). The molecule has 1 N–H and O–H groups in total. The number of amides is 2. The highest BCUT2D eigenvalue weighted by Gasteiger charge is 2.43. The minimum Gasteiger partial charge on any atom is -0.494 e. The van der Waals surface area contributed by atoms with Gasteiger partial charge in [0.15, 0.2) is 0 Å². The summed E-state index contributed by atoms with van der Waals surface area (Å²) in [6, 6.07) is 16.1. The van der Waals surface area contributed by atoms with Crippen molar-refractivity contribution in [3.63, 3.8) is 0 Å². The predicted molar refractivity (Wildman–Crippen MR) is 148 cm³/mol. The van der Waals surface area contributed by atoms with Gasteiger partial charge in [0.2, 0.25) is 5.91 Å². The van der Waals surface area contributed by atoms with Crippen LogP contribution in [0.15, 0.2) is 53.4 Å². The number of carbonyl (C=O) groups is 2. The standard InChI is InChI=1S/C30H38N2O3S/c1-5-6-17-35-25-14-11-22(12-15-25)21(3)31-29(33)24-13-16-27-26(18-24)32(4)30(34)28(36-27)19-23-10-8-7-9-20(23)2/h7-12,14-15,19,21,24,26-27H,5-6,13,16-18H2,1-4H3,(H,31,33)/b28-19+. The second-order valence-corrected chi connectivity index (χ2v) is 11.3. The van der Waals surface area contributed by atoms with E-state index < -0.39 is 0 Å². The van der Waals surface area contributed by atoms with Crippen LogP contribution in [-0.2, 0) is 9.59 Å². The van der Waals surface area contributed by atoms with E-state index in [1.807, 2.05) is 61.3 Å². The first-order valence-electron chi connectivity index (χ1n) is 13.1. The Bertz CT molecular complexity index is 1100. The molecule has 1 saturated carbocycles. The molecule has 1 heterocycles. The van der Waals surface area contributed by atoms with Crippen LogP contribution in [-0.4, -0.2) is 41.7 Å². The maximum Gasteiger partial charge on any atom is 0.260 e. The van der Waals surface area contributed by atoms with E-state index >= 15 is 0 Å². The number of hydrogen-bond donors (Lipinski definition) is 1. The van der Waals surface area contributed by atoms with Crippen molar-refractivity contribution in [3.05, 3.63) is 70.1 Å². The van der Waals surface area contributed by atoms with Gasteiger partial charge in [-0.3, -0.25) is 9.59 Å². The summed E-state index contributed by atoms with van der Waals surface area (Å²) < 4.78 is 5.75. The molecule has 5 nitrogen and oxygen atoms in total. The molecule has 0 aromatic heterocycles. The fourth-order valence-corrected chi connectivity index (χ4v) is 6.50. The Balaban J connectivity index is 1.35. The van der Waals surface area contributed by atoms with Crippen molar-refractivity contribution in [2.45, 2.75) is 70.2 Å². The number of aryl methyl sites for hydroxylation is 1. The minimum absolute atomic E-state index is 0.0557. The summed E-state index contributed by atoms with van der Waals surface area (Å²) in [4.78, 5) is 29.0. The van der Waals surface area contributed by atoms with Gasteiger partial charge in [-0.2, -0.15) is 0 Å². The Morgan fingerprint density at radius 3 is 2.67 bits per heavy atom. The number of unbranched alkanes of at least 4 members (excludes halogenated alkanes) is 1. The highest BCUT2D eigenvalue weighted by atomic mass is 32.2. The monoisotopic (exact) mass is 506 g/mol. The number of ether oxygens (including phenoxy) is 1. The van der Waals surface area contributed by atoms with Gasteiger partial charge in [0, 0.05) is 24.3 Å². The molecule has 4 unspecified atom stereocenters. The molecule has 0 spiro atoms. The first-order chi connectivity index (χ1) is 17.4. The Morgan fingerprint density at radius 1 is 1.19 bits per heavy atom. The summed E-state index contributed by atoms with van der Waals surface area (Å²) in [7, 11) is 1.89. The third-order valence-corrected chi connectivity index (χ3v) is 8.81. The summed E-state index contributed by atoms with van der Waals surface area (Å²) in [5.74, 6) is 0.919. The molecule has 2 aromatic rings. The van der Waals surface area contributed by atoms with Crippen LogP contribution < -0.4 is 10.1 Å². The Hall–Kier alpha value is -2.73. The molecule has 0 radical (unpaired) electrons. The van der Waals surface area contributed by atoms with Gasteiger partial charge in [-0.15, -0.1) is 11.8 Å². The second kappa shape index (κ2) is 12.0. The fraction of sp³-hybridized carbons (Fsp3) is 0.467. The number of nitrogens with zero attached hydrogens (tertiary/aromatic N) is 1. The van der Waals surface area contributed by atoms with Crippen LogP contribution >= 0.6 is 11.8 Å². The molecule has 2 fully saturated rings. The molecule has 0 bridgehead atoms. The summed E-state index contributed by atoms with van der Waals surface area (Å²) >= 11 is 1.69. The van der Waals surface area contributed by atoms with Crippen molar-refractivity contribution < 1.29 is 14.3 Å². The van der Waals surface area contributed by atoms with E-state index in [0.717, 1.165) is 59.6 Å². The molecule has 1 aliphatic carbocycles. The van der Waals surface area contributed by atoms with Crippen LogP contribution in [0.25, 0.3) is 6.08 Å². The van der Waals surface area contributed by atoms with Gasteiger partial charge in [0.05, 0.1) is 17.6 Å². The first-order valence-corrected chi connectivity index (χ1v) is 14.0. The number of nitrogens with one attached hydrogen (secondary N) is 1. The largest absolute Gasteiger partial charge is 0.494 e. The van der Waals surface area contributed by atoms with Crippen LogP contribution in [0.3, 0.4) is 0 Å². The lowest BCUT2D eigenvalue weighted by molar-refractivity contribution is -0.132. The van der Waals surface area contributed by atoms with Crippen LogP contribution in [0.4, 0.5) is 0 Å². The van der Waals surface area contributed by atoms with E-state index in [-0.39, 0.29) is 29.8 Å². The van der Waals surface area contributed by atoms with Crippen LogP contribution in [0.2, 0.25) is 0 Å². The zero-order valence-corrected chi connectivity index (χ0v) is 22.6. The Morgan fingerprint density at radius 2 is 1.94 bits per heavy atom. The van der Waals surface area contributed by atoms with Crippen LogP contribution in [0.1, 0.15) is 68.7 Å². The Kier molecular flexibility index (Phi) is 8.78. The first kappa shape index (κ1) is 26.3. The van der Waals surface area contributed by atoms with E-state index in [4.69, 9.17) is 4.74 Å². The zero-order chi connectivity index (χ0) is 25.7. The van der Waals surface area contributed by atoms with Crippen molar-refractivity contribution in [3.8, 4) is 5.75 Å². The van der Waals surface area contributed by atoms with E-state index in [1.165, 1.54) is 0 Å². The normalized spacial score (nSPS) is 23.8. The molecule has 2 aromatic carbocycles. The number of benzene rings is 2. The average Bonchev–Trinajstić information content (AvgIpc) is 2.88. The number of rotatable bonds is 8. The lowest BCUT2D eigenvalue weighted by Gasteiger charge is -2.44. The van der Waals surface area contributed by atoms with Crippen molar-refractivity contribution in [2.75, 3.05) is 13.7 Å². The molecule has 36 heavy (non-hydrogen) atoms. The summed E-state index contributed by atoms with van der Waals surface area (Å²) in [6.07, 6.45) is 6.65. The number of carbonyl (C=O) groups excluding carboxylic acids is 2. The fourth-order valence-electron chi connectivity index (χ4n) is 5.03. The van der Waals surface area contributed by atoms with E-state index in [2.05, 4.69) is 31.3 Å². The van der Waals surface area contributed by atoms with Crippen molar-refractivity contribution in [2.24, 2.45) is 5.92 Å². The molecule has 192 valence electrons. The molecule has 2 amide bonds. The molecule has 2 aliphatic rings. The Labute approximate surface area is 219 Å². The third kappa shape index (κ3) is 6.15. The lowest BCUT2D eigenvalue weighted by Crippen LogP contribution is -2.52. The summed E-state index contributed by atoms with van der Waals surface area (Å²) in [5, 5.41) is 3.53. The van der Waals surface area contributed by atoms with Crippen LogP contribution in [0, 0.1) is 12.8 Å². The quantitative estimate of drug-likeness (QED) is 0.345. The minimum atomic E-state index is -0.0805. The number of fused-ring (bicyclic) bond motifs is 1. The highest BCUT2D eigenvalue weighted by Crippen LogP contribution is 2.43. The predicted octanol–water partition coefficient (Wildman–Crippen LogP) is 6.13. The van der Waals surface area contributed by atoms with E-state index in [0.29, 0.717) is 11.7 Å². The van der Waals surface area contributed by atoms with Gasteiger partial charge in [0.25, 0.3) is 5.91 Å². The van der Waals surface area contributed by atoms with Gasteiger partial charge >= 0.3 is 0 Å². The van der Waals surface area contributed by atoms with Gasteiger partial charge < -0.3 is 15.0 Å². The maximum absolute atomic E-state index is 13.2. The molecule has 1 aliphatic heterocycles. The number of hydrogen-bond acceptors (Lipinski definition) is 4. The van der Waals surface area contributed by atoms with Crippen LogP contribution in [0.5, 0.6) is 5.75 Å². The molecule has 1 saturated heterocycles. The van der Waals surface area contributed by atoms with Gasteiger partial charge in [0.1, 0.15) is 5.75 Å². The smallest absolute Gasteiger partial charge is 0.260 e. The molecule has 4 atom stereocenters. The second-order valence-electron chi connectivity index (χ2n) is 10.0. The number of likely N-dealkylation sites (N-methyl/N-ethyl adjacent to an activating group) is 1. The van der Waals surface area contributed by atoms with Gasteiger partial charge in [-0.05, 0) is 74.4 Å². The van der Waals surface area contributed by atoms with E-state index in [9.17, 15) is 9.59 Å². The van der Waals surface area contributed by atoms with Gasteiger partial charge in [-0.25, -0.2) is 0 Å². The average molecular weight is 507 g/mol. The summed E-state index contributed by atoms with van der Waals surface area (Å²) in [6.45, 7) is 6.96. The maximum atomic E-state index is 13.2. The topological polar surface area (TPSA) is 58.6 Å².